The van der Waals surface area contributed by atoms with Gasteiger partial charge in [0, 0.05) is 18.7 Å². The Balaban J connectivity index is 1.89. The van der Waals surface area contributed by atoms with Crippen molar-refractivity contribution in [2.75, 3.05) is 13.1 Å². The molecule has 2 aromatic heterocycles. The van der Waals surface area contributed by atoms with E-state index in [1.807, 2.05) is 22.7 Å². The van der Waals surface area contributed by atoms with Gasteiger partial charge in [0.25, 0.3) is 0 Å². The van der Waals surface area contributed by atoms with Crippen molar-refractivity contribution in [3.8, 4) is 0 Å². The van der Waals surface area contributed by atoms with Crippen LogP contribution in [0.4, 0.5) is 0 Å². The molecular weight excluding hydrogens is 248 g/mol. The lowest BCUT2D eigenvalue weighted by molar-refractivity contribution is 0.263. The smallest absolute Gasteiger partial charge is 0.179 e. The van der Waals surface area contributed by atoms with Gasteiger partial charge in [0.05, 0.1) is 5.02 Å². The molecule has 0 radical (unpaired) electrons. The van der Waals surface area contributed by atoms with Gasteiger partial charge in [-0.2, -0.15) is 0 Å². The molecule has 1 fully saturated rings. The molecule has 3 rings (SSSR count). The summed E-state index contributed by atoms with van der Waals surface area (Å²) in [7, 11) is 0. The number of likely N-dealkylation sites (tertiary alicyclic amines) is 1. The van der Waals surface area contributed by atoms with E-state index < -0.39 is 0 Å². The predicted octanol–water partition coefficient (Wildman–Crippen LogP) is 2.41. The summed E-state index contributed by atoms with van der Waals surface area (Å²) in [5.74, 6) is 1.01. The summed E-state index contributed by atoms with van der Waals surface area (Å²) in [4.78, 5) is 2.52. The van der Waals surface area contributed by atoms with Crippen molar-refractivity contribution in [1.82, 2.24) is 19.5 Å². The van der Waals surface area contributed by atoms with Gasteiger partial charge in [-0.1, -0.05) is 18.5 Å². The molecule has 18 heavy (non-hydrogen) atoms. The van der Waals surface area contributed by atoms with Gasteiger partial charge >= 0.3 is 0 Å². The average molecular weight is 265 g/mol. The maximum Gasteiger partial charge on any atom is 0.179 e. The first-order valence-electron chi connectivity index (χ1n) is 6.51. The first-order chi connectivity index (χ1) is 8.79. The van der Waals surface area contributed by atoms with Crippen LogP contribution in [-0.2, 0) is 6.42 Å². The lowest BCUT2D eigenvalue weighted by Gasteiger charge is -2.21. The van der Waals surface area contributed by atoms with Crippen LogP contribution in [0.2, 0.25) is 5.02 Å². The fourth-order valence-corrected chi connectivity index (χ4v) is 3.03. The van der Waals surface area contributed by atoms with E-state index in [0.717, 1.165) is 24.4 Å². The Labute approximate surface area is 112 Å². The normalized spacial score (nSPS) is 20.9. The maximum atomic E-state index is 6.11. The molecule has 3 heterocycles. The van der Waals surface area contributed by atoms with Gasteiger partial charge in [0.2, 0.25) is 0 Å². The van der Waals surface area contributed by atoms with E-state index in [9.17, 15) is 0 Å². The number of halogens is 1. The molecular formula is C13H17ClN4. The SMILES string of the molecule is CCN1CCCC1Cc1nnc2c(Cl)cccn12. The number of rotatable bonds is 3. The second kappa shape index (κ2) is 4.86. The van der Waals surface area contributed by atoms with Gasteiger partial charge in [-0.15, -0.1) is 10.2 Å². The molecule has 0 saturated carbocycles. The summed E-state index contributed by atoms with van der Waals surface area (Å²) in [6, 6.07) is 4.39. The van der Waals surface area contributed by atoms with Crippen molar-refractivity contribution in [1.29, 1.82) is 0 Å². The Morgan fingerprint density at radius 3 is 3.17 bits per heavy atom. The van der Waals surface area contributed by atoms with E-state index in [-0.39, 0.29) is 0 Å². The summed E-state index contributed by atoms with van der Waals surface area (Å²) in [6.07, 6.45) is 5.48. The van der Waals surface area contributed by atoms with Crippen LogP contribution >= 0.6 is 11.6 Å². The minimum atomic E-state index is 0.599. The van der Waals surface area contributed by atoms with E-state index in [1.165, 1.54) is 19.4 Å². The summed E-state index contributed by atoms with van der Waals surface area (Å²) >= 11 is 6.11. The first kappa shape index (κ1) is 11.9. The molecule has 0 amide bonds. The summed E-state index contributed by atoms with van der Waals surface area (Å²) < 4.78 is 2.01. The number of likely N-dealkylation sites (N-methyl/N-ethyl adjacent to an activating group) is 1. The molecule has 1 unspecified atom stereocenters. The number of nitrogens with zero attached hydrogens (tertiary/aromatic N) is 4. The van der Waals surface area contributed by atoms with Gasteiger partial charge in [0.1, 0.15) is 5.82 Å². The largest absolute Gasteiger partial charge is 0.300 e. The quantitative estimate of drug-likeness (QED) is 0.854. The second-order valence-electron chi connectivity index (χ2n) is 4.79. The average Bonchev–Trinajstić information content (AvgIpc) is 2.98. The van der Waals surface area contributed by atoms with Crippen LogP contribution < -0.4 is 0 Å². The Hall–Kier alpha value is -1.13. The zero-order valence-electron chi connectivity index (χ0n) is 10.5. The van der Waals surface area contributed by atoms with Crippen LogP contribution in [0.3, 0.4) is 0 Å². The third-order valence-electron chi connectivity index (χ3n) is 3.78. The Morgan fingerprint density at radius 1 is 1.44 bits per heavy atom. The molecule has 0 aromatic carbocycles. The molecule has 96 valence electrons. The Kier molecular flexibility index (Phi) is 3.22. The van der Waals surface area contributed by atoms with E-state index >= 15 is 0 Å². The summed E-state index contributed by atoms with van der Waals surface area (Å²) in [6.45, 7) is 4.54. The zero-order chi connectivity index (χ0) is 12.5. The topological polar surface area (TPSA) is 33.4 Å². The molecule has 0 bridgehead atoms. The van der Waals surface area contributed by atoms with Crippen LogP contribution in [0.25, 0.3) is 5.65 Å². The molecule has 0 N–H and O–H groups in total. The summed E-state index contributed by atoms with van der Waals surface area (Å²) in [5.41, 5.74) is 0.759. The van der Waals surface area contributed by atoms with Crippen LogP contribution in [0.15, 0.2) is 18.3 Å². The summed E-state index contributed by atoms with van der Waals surface area (Å²) in [5, 5.41) is 9.13. The number of fused-ring (bicyclic) bond motifs is 1. The van der Waals surface area contributed by atoms with Crippen LogP contribution in [0, 0.1) is 0 Å². The highest BCUT2D eigenvalue weighted by atomic mass is 35.5. The fraction of sp³-hybridized carbons (Fsp3) is 0.538. The van der Waals surface area contributed by atoms with E-state index in [0.29, 0.717) is 11.1 Å². The Morgan fingerprint density at radius 2 is 2.33 bits per heavy atom. The maximum absolute atomic E-state index is 6.11. The van der Waals surface area contributed by atoms with E-state index in [2.05, 4.69) is 22.0 Å². The molecule has 2 aromatic rings. The predicted molar refractivity (Wildman–Crippen MR) is 72.0 cm³/mol. The van der Waals surface area contributed by atoms with Gasteiger partial charge in [-0.25, -0.2) is 0 Å². The van der Waals surface area contributed by atoms with Crippen molar-refractivity contribution < 1.29 is 0 Å². The molecule has 5 heteroatoms. The Bertz CT molecular complexity index is 551. The molecule has 0 spiro atoms. The first-order valence-corrected chi connectivity index (χ1v) is 6.89. The molecule has 1 atom stereocenters. The highest BCUT2D eigenvalue weighted by Gasteiger charge is 2.24. The van der Waals surface area contributed by atoms with Crippen molar-refractivity contribution >= 4 is 17.2 Å². The lowest BCUT2D eigenvalue weighted by atomic mass is 10.1. The monoisotopic (exact) mass is 264 g/mol. The minimum Gasteiger partial charge on any atom is -0.300 e. The molecule has 1 saturated heterocycles. The second-order valence-corrected chi connectivity index (χ2v) is 5.20. The molecule has 1 aliphatic heterocycles. The third-order valence-corrected chi connectivity index (χ3v) is 4.08. The zero-order valence-corrected chi connectivity index (χ0v) is 11.3. The minimum absolute atomic E-state index is 0.599. The number of aromatic nitrogens is 3. The van der Waals surface area contributed by atoms with Crippen molar-refractivity contribution in [2.45, 2.75) is 32.2 Å². The number of pyridine rings is 1. The van der Waals surface area contributed by atoms with E-state index in [1.54, 1.807) is 0 Å². The van der Waals surface area contributed by atoms with Crippen LogP contribution in [-0.4, -0.2) is 38.6 Å². The van der Waals surface area contributed by atoms with Crippen LogP contribution in [0.1, 0.15) is 25.6 Å². The molecule has 0 aliphatic carbocycles. The highest BCUT2D eigenvalue weighted by Crippen LogP contribution is 2.21. The standard InChI is InChI=1S/C13H17ClN4/c1-2-17-7-3-5-10(17)9-12-15-16-13-11(14)6-4-8-18(12)13/h4,6,8,10H,2-3,5,7,9H2,1H3. The number of hydrogen-bond donors (Lipinski definition) is 0. The highest BCUT2D eigenvalue weighted by molar-refractivity contribution is 6.33. The molecule has 1 aliphatic rings. The third kappa shape index (κ3) is 1.99. The molecule has 4 nitrogen and oxygen atoms in total. The number of hydrogen-bond acceptors (Lipinski definition) is 3. The van der Waals surface area contributed by atoms with Gasteiger partial charge in [-0.05, 0) is 38.1 Å². The van der Waals surface area contributed by atoms with Gasteiger partial charge in [0.15, 0.2) is 5.65 Å². The van der Waals surface area contributed by atoms with Crippen molar-refractivity contribution in [3.05, 3.63) is 29.2 Å². The van der Waals surface area contributed by atoms with Crippen molar-refractivity contribution in [3.63, 3.8) is 0 Å². The van der Waals surface area contributed by atoms with Gasteiger partial charge in [-0.3, -0.25) is 4.40 Å². The van der Waals surface area contributed by atoms with E-state index in [4.69, 9.17) is 11.6 Å². The van der Waals surface area contributed by atoms with Crippen molar-refractivity contribution in [2.24, 2.45) is 0 Å². The van der Waals surface area contributed by atoms with Crippen LogP contribution in [0.5, 0.6) is 0 Å². The lowest BCUT2D eigenvalue weighted by Crippen LogP contribution is -2.31. The fourth-order valence-electron chi connectivity index (χ4n) is 2.82. The van der Waals surface area contributed by atoms with Gasteiger partial charge < -0.3 is 4.90 Å².